The summed E-state index contributed by atoms with van der Waals surface area (Å²) >= 11 is 0. The molecule has 5 aromatic rings. The molecule has 2 aromatic heterocycles. The van der Waals surface area contributed by atoms with E-state index in [2.05, 4.69) is 173 Å². The summed E-state index contributed by atoms with van der Waals surface area (Å²) in [6.07, 6.45) is 17.1. The van der Waals surface area contributed by atoms with E-state index in [1.165, 1.54) is 33.4 Å². The predicted molar refractivity (Wildman–Crippen MR) is 193 cm³/mol. The first-order valence-corrected chi connectivity index (χ1v) is 16.2. The van der Waals surface area contributed by atoms with Gasteiger partial charge in [0.05, 0.1) is 0 Å². The zero-order chi connectivity index (χ0) is 32.3. The molecule has 0 fully saturated rings. The van der Waals surface area contributed by atoms with Gasteiger partial charge in [-0.3, -0.25) is 0 Å². The van der Waals surface area contributed by atoms with Crippen LogP contribution in [-0.2, 0) is 30.9 Å². The van der Waals surface area contributed by atoms with Crippen molar-refractivity contribution >= 4 is 6.08 Å². The van der Waals surface area contributed by atoms with Crippen molar-refractivity contribution in [2.45, 2.75) is 58.3 Å². The van der Waals surface area contributed by atoms with Gasteiger partial charge in [0.1, 0.15) is 0 Å². The molecular formula is C44H42IrN2-2. The Balaban J connectivity index is 0.000000188. The summed E-state index contributed by atoms with van der Waals surface area (Å²) in [6, 6.07) is 36.4. The maximum absolute atomic E-state index is 4.61. The number of hydrogen-bond donors (Lipinski definition) is 0. The van der Waals surface area contributed by atoms with Crippen molar-refractivity contribution in [3.63, 3.8) is 0 Å². The van der Waals surface area contributed by atoms with Crippen LogP contribution in [0.2, 0.25) is 0 Å². The zero-order valence-electron chi connectivity index (χ0n) is 28.1. The van der Waals surface area contributed by atoms with Crippen LogP contribution in [0.3, 0.4) is 0 Å². The standard InChI is InChI=1S/C25H18N.C19H24N.Ir/c1-2-6-18(7-3-1)21-14-15-26-25(17-21)22-13-12-20-11-10-19-8-4-5-9-23(19)24(20)16-22;1-18(2,3)15-9-7-8-14(12-15)17-13-16(10-11-20-17)19(4,5)6;/h1-12,14-17,19,23H;7,9-13H,1-6H3;/q2*-1;. The first-order chi connectivity index (χ1) is 22.1. The van der Waals surface area contributed by atoms with Gasteiger partial charge in [0.15, 0.2) is 0 Å². The van der Waals surface area contributed by atoms with Crippen molar-refractivity contribution in [2.75, 3.05) is 0 Å². The van der Waals surface area contributed by atoms with E-state index in [1.807, 2.05) is 24.5 Å². The molecule has 2 aliphatic carbocycles. The van der Waals surface area contributed by atoms with Crippen LogP contribution in [-0.4, -0.2) is 9.97 Å². The van der Waals surface area contributed by atoms with Crippen LogP contribution in [0.15, 0.2) is 128 Å². The Labute approximate surface area is 294 Å². The van der Waals surface area contributed by atoms with Gasteiger partial charge in [-0.1, -0.05) is 114 Å². The van der Waals surface area contributed by atoms with Gasteiger partial charge in [0.2, 0.25) is 0 Å². The number of aromatic nitrogens is 2. The molecule has 2 unspecified atom stereocenters. The Morgan fingerprint density at radius 1 is 0.617 bits per heavy atom. The van der Waals surface area contributed by atoms with Crippen molar-refractivity contribution in [2.24, 2.45) is 5.92 Å². The van der Waals surface area contributed by atoms with Crippen molar-refractivity contribution in [1.82, 2.24) is 9.97 Å². The number of rotatable bonds is 3. The SMILES string of the molecule is CC(C)(C)c1cc[c-]c(-c2cc(C(C)(C)C)ccn2)c1.[Ir].[c-]1cc2c(cc1-c1cc(-c3ccccc3)ccn1)C1C=CC=CC1C=C2. The van der Waals surface area contributed by atoms with Gasteiger partial charge in [0, 0.05) is 38.4 Å². The van der Waals surface area contributed by atoms with E-state index in [1.54, 1.807) is 0 Å². The molecule has 2 heterocycles. The third kappa shape index (κ3) is 8.04. The summed E-state index contributed by atoms with van der Waals surface area (Å²) in [7, 11) is 0. The summed E-state index contributed by atoms with van der Waals surface area (Å²) in [5, 5.41) is 0. The molecule has 0 aliphatic heterocycles. The van der Waals surface area contributed by atoms with Crippen LogP contribution >= 0.6 is 0 Å². The van der Waals surface area contributed by atoms with E-state index in [0.29, 0.717) is 11.8 Å². The molecule has 0 saturated carbocycles. The number of fused-ring (bicyclic) bond motifs is 3. The van der Waals surface area contributed by atoms with Gasteiger partial charge in [-0.25, -0.2) is 0 Å². The van der Waals surface area contributed by atoms with E-state index in [0.717, 1.165) is 22.5 Å². The van der Waals surface area contributed by atoms with Crippen LogP contribution < -0.4 is 0 Å². The van der Waals surface area contributed by atoms with E-state index < -0.39 is 0 Å². The maximum atomic E-state index is 4.61. The molecule has 2 atom stereocenters. The molecule has 47 heavy (non-hydrogen) atoms. The van der Waals surface area contributed by atoms with E-state index in [9.17, 15) is 0 Å². The number of allylic oxidation sites excluding steroid dienone is 5. The summed E-state index contributed by atoms with van der Waals surface area (Å²) in [5.41, 5.74) is 12.0. The van der Waals surface area contributed by atoms with Crippen LogP contribution in [0.4, 0.5) is 0 Å². The minimum atomic E-state index is 0. The maximum Gasteiger partial charge on any atom is 0.0166 e. The molecule has 0 spiro atoms. The number of nitrogens with zero attached hydrogens (tertiary/aromatic N) is 2. The van der Waals surface area contributed by atoms with Crippen molar-refractivity contribution in [1.29, 1.82) is 0 Å². The van der Waals surface area contributed by atoms with Gasteiger partial charge in [0.25, 0.3) is 0 Å². The molecule has 239 valence electrons. The topological polar surface area (TPSA) is 25.8 Å². The van der Waals surface area contributed by atoms with Crippen molar-refractivity contribution in [3.05, 3.63) is 162 Å². The van der Waals surface area contributed by atoms with Gasteiger partial charge in [-0.15, -0.1) is 76.4 Å². The molecule has 2 nitrogen and oxygen atoms in total. The van der Waals surface area contributed by atoms with Crippen LogP contribution in [0.5, 0.6) is 0 Å². The molecule has 0 saturated heterocycles. The first kappa shape index (κ1) is 34.2. The van der Waals surface area contributed by atoms with E-state index >= 15 is 0 Å². The third-order valence-corrected chi connectivity index (χ3v) is 8.76. The number of hydrogen-bond acceptors (Lipinski definition) is 2. The quantitative estimate of drug-likeness (QED) is 0.170. The number of benzene rings is 3. The van der Waals surface area contributed by atoms with Crippen LogP contribution in [0.1, 0.15) is 69.7 Å². The average Bonchev–Trinajstić information content (AvgIpc) is 3.08. The molecule has 0 amide bonds. The van der Waals surface area contributed by atoms with E-state index in [-0.39, 0.29) is 30.9 Å². The normalized spacial score (nSPS) is 16.3. The zero-order valence-corrected chi connectivity index (χ0v) is 30.5. The fourth-order valence-corrected chi connectivity index (χ4v) is 5.95. The molecule has 2 aliphatic rings. The number of pyridine rings is 2. The largest absolute Gasteiger partial charge is 0.305 e. The fourth-order valence-electron chi connectivity index (χ4n) is 5.95. The Hall–Kier alpha value is -4.17. The van der Waals surface area contributed by atoms with Gasteiger partial charge in [-0.05, 0) is 57.0 Å². The van der Waals surface area contributed by atoms with Crippen LogP contribution in [0, 0.1) is 18.1 Å². The Bertz CT molecular complexity index is 1860. The summed E-state index contributed by atoms with van der Waals surface area (Å²) in [6.45, 7) is 13.4. The Morgan fingerprint density at radius 2 is 1.28 bits per heavy atom. The van der Waals surface area contributed by atoms with E-state index in [4.69, 9.17) is 0 Å². The third-order valence-electron chi connectivity index (χ3n) is 8.76. The molecular weight excluding hydrogens is 749 g/mol. The monoisotopic (exact) mass is 791 g/mol. The van der Waals surface area contributed by atoms with Gasteiger partial charge in [-0.2, -0.15) is 0 Å². The molecule has 0 bridgehead atoms. The van der Waals surface area contributed by atoms with Gasteiger partial charge < -0.3 is 9.97 Å². The molecule has 3 aromatic carbocycles. The minimum Gasteiger partial charge on any atom is -0.305 e. The van der Waals surface area contributed by atoms with Gasteiger partial charge >= 0.3 is 0 Å². The first-order valence-electron chi connectivity index (χ1n) is 16.2. The second-order valence-electron chi connectivity index (χ2n) is 14.2. The molecule has 1 radical (unpaired) electrons. The molecule has 0 N–H and O–H groups in total. The summed E-state index contributed by atoms with van der Waals surface area (Å²) in [4.78, 5) is 9.12. The molecule has 3 heteroatoms. The van der Waals surface area contributed by atoms with Crippen molar-refractivity contribution in [3.8, 4) is 33.6 Å². The summed E-state index contributed by atoms with van der Waals surface area (Å²) in [5.74, 6) is 0.858. The smallest absolute Gasteiger partial charge is 0.0166 e. The predicted octanol–water partition coefficient (Wildman–Crippen LogP) is 11.2. The Morgan fingerprint density at radius 3 is 2.02 bits per heavy atom. The van der Waals surface area contributed by atoms with Crippen LogP contribution in [0.25, 0.3) is 39.7 Å². The second kappa shape index (κ2) is 14.3. The second-order valence-corrected chi connectivity index (χ2v) is 14.2. The summed E-state index contributed by atoms with van der Waals surface area (Å²) < 4.78 is 0. The molecule has 7 rings (SSSR count). The average molecular weight is 791 g/mol. The minimum absolute atomic E-state index is 0. The van der Waals surface area contributed by atoms with Crippen molar-refractivity contribution < 1.29 is 20.1 Å². The fraction of sp³-hybridized carbons (Fsp3) is 0.227. The Kier molecular flexibility index (Phi) is 10.4.